The molecular formula is C9H7ClF3NO2. The Labute approximate surface area is 93.9 Å². The maximum absolute atomic E-state index is 13.5. The zero-order chi connectivity index (χ0) is 12.3. The molecule has 0 unspecified atom stereocenters. The Balaban J connectivity index is 3.30. The summed E-state index contributed by atoms with van der Waals surface area (Å²) >= 11 is 5.36. The minimum absolute atomic E-state index is 0.0951. The zero-order valence-corrected chi connectivity index (χ0v) is 8.64. The Kier molecular flexibility index (Phi) is 4.12. The Morgan fingerprint density at radius 1 is 1.56 bits per heavy atom. The summed E-state index contributed by atoms with van der Waals surface area (Å²) in [6.45, 7) is 0. The smallest absolute Gasteiger partial charge is 0.308 e. The Hall–Kier alpha value is -1.30. The van der Waals surface area contributed by atoms with Gasteiger partial charge in [-0.05, 0) is 0 Å². The molecule has 7 heteroatoms. The fraction of sp³-hybridized carbons (Fsp3) is 0.333. The minimum Gasteiger partial charge on any atom is -0.481 e. The summed E-state index contributed by atoms with van der Waals surface area (Å²) in [5, 5.41) is 8.49. The van der Waals surface area contributed by atoms with Crippen LogP contribution in [0.5, 0.6) is 0 Å². The van der Waals surface area contributed by atoms with Crippen LogP contribution in [0.15, 0.2) is 6.20 Å². The van der Waals surface area contributed by atoms with Crippen molar-refractivity contribution in [3.8, 4) is 0 Å². The maximum atomic E-state index is 13.5. The van der Waals surface area contributed by atoms with Crippen molar-refractivity contribution in [1.82, 2.24) is 4.98 Å². The third-order valence-electron chi connectivity index (χ3n) is 1.89. The molecule has 0 amide bonds. The van der Waals surface area contributed by atoms with Crippen molar-refractivity contribution in [3.63, 3.8) is 0 Å². The van der Waals surface area contributed by atoms with Gasteiger partial charge in [0.05, 0.1) is 12.3 Å². The molecule has 0 atom stereocenters. The number of halogens is 4. The third-order valence-corrected chi connectivity index (χ3v) is 2.18. The van der Waals surface area contributed by atoms with Gasteiger partial charge in [-0.15, -0.1) is 11.6 Å². The van der Waals surface area contributed by atoms with Gasteiger partial charge >= 0.3 is 5.97 Å². The Morgan fingerprint density at radius 3 is 2.62 bits per heavy atom. The second-order valence-corrected chi connectivity index (χ2v) is 3.23. The summed E-state index contributed by atoms with van der Waals surface area (Å²) in [4.78, 5) is 13.7. The van der Waals surface area contributed by atoms with Crippen LogP contribution in [0.25, 0.3) is 0 Å². The van der Waals surface area contributed by atoms with Crippen LogP contribution < -0.4 is 0 Å². The number of rotatable bonds is 4. The molecule has 0 aliphatic heterocycles. The number of pyridine rings is 1. The van der Waals surface area contributed by atoms with Crippen LogP contribution in [0.2, 0.25) is 0 Å². The first kappa shape index (κ1) is 12.8. The highest BCUT2D eigenvalue weighted by Crippen LogP contribution is 2.25. The van der Waals surface area contributed by atoms with Crippen LogP contribution in [-0.2, 0) is 17.1 Å². The van der Waals surface area contributed by atoms with E-state index in [0.717, 1.165) is 6.20 Å². The Bertz CT molecular complexity index is 412. The van der Waals surface area contributed by atoms with Crippen molar-refractivity contribution < 1.29 is 23.1 Å². The van der Waals surface area contributed by atoms with Crippen molar-refractivity contribution >= 4 is 17.6 Å². The maximum Gasteiger partial charge on any atom is 0.308 e. The van der Waals surface area contributed by atoms with Crippen LogP contribution in [0.3, 0.4) is 0 Å². The molecule has 0 aliphatic rings. The van der Waals surface area contributed by atoms with Gasteiger partial charge < -0.3 is 5.11 Å². The van der Waals surface area contributed by atoms with Crippen LogP contribution in [-0.4, -0.2) is 16.1 Å². The molecule has 3 nitrogen and oxygen atoms in total. The summed E-state index contributed by atoms with van der Waals surface area (Å²) in [5.74, 6) is -2.69. The molecule has 1 aromatic rings. The highest BCUT2D eigenvalue weighted by Gasteiger charge is 2.22. The third kappa shape index (κ3) is 2.63. The predicted molar refractivity (Wildman–Crippen MR) is 50.0 cm³/mol. The van der Waals surface area contributed by atoms with E-state index >= 15 is 0 Å². The average Bonchev–Trinajstić information content (AvgIpc) is 2.19. The lowest BCUT2D eigenvalue weighted by Crippen LogP contribution is -2.10. The van der Waals surface area contributed by atoms with E-state index < -0.39 is 35.9 Å². The van der Waals surface area contributed by atoms with Crippen LogP contribution in [0.4, 0.5) is 13.2 Å². The lowest BCUT2D eigenvalue weighted by Gasteiger charge is -2.09. The molecule has 16 heavy (non-hydrogen) atoms. The summed E-state index contributed by atoms with van der Waals surface area (Å²) in [5.41, 5.74) is -1.56. The molecular weight excluding hydrogens is 247 g/mol. The molecule has 0 aliphatic carbocycles. The molecule has 1 aromatic heterocycles. The molecule has 0 bridgehead atoms. The quantitative estimate of drug-likeness (QED) is 0.839. The highest BCUT2D eigenvalue weighted by molar-refractivity contribution is 6.17. The topological polar surface area (TPSA) is 50.2 Å². The van der Waals surface area contributed by atoms with Crippen molar-refractivity contribution in [2.45, 2.75) is 18.7 Å². The van der Waals surface area contributed by atoms with Crippen LogP contribution in [0, 0.1) is 5.82 Å². The van der Waals surface area contributed by atoms with E-state index in [1.165, 1.54) is 0 Å². The molecule has 0 fully saturated rings. The number of carbonyl (C=O) groups is 1. The van der Waals surface area contributed by atoms with E-state index in [-0.39, 0.29) is 11.4 Å². The largest absolute Gasteiger partial charge is 0.481 e. The van der Waals surface area contributed by atoms with Gasteiger partial charge in [-0.1, -0.05) is 0 Å². The standard InChI is InChI=1S/C9H7ClF3NO2/c10-2-4-3-14-8(9(12)13)5(7(4)11)1-6(15)16/h3,9H,1-2H2,(H,15,16). The fourth-order valence-corrected chi connectivity index (χ4v) is 1.38. The first-order chi connectivity index (χ1) is 7.47. The average molecular weight is 254 g/mol. The van der Waals surface area contributed by atoms with Gasteiger partial charge in [-0.25, -0.2) is 13.2 Å². The SMILES string of the molecule is O=C(O)Cc1c(C(F)F)ncc(CCl)c1F. The first-order valence-corrected chi connectivity index (χ1v) is 4.72. The van der Waals surface area contributed by atoms with Gasteiger partial charge in [0, 0.05) is 17.3 Å². The van der Waals surface area contributed by atoms with Gasteiger partial charge in [0.1, 0.15) is 11.5 Å². The number of carboxylic acids is 1. The molecule has 0 aromatic carbocycles. The number of aromatic nitrogens is 1. The van der Waals surface area contributed by atoms with E-state index in [9.17, 15) is 18.0 Å². The van der Waals surface area contributed by atoms with Gasteiger partial charge in [0.25, 0.3) is 6.43 Å². The van der Waals surface area contributed by atoms with Crippen molar-refractivity contribution in [2.75, 3.05) is 0 Å². The van der Waals surface area contributed by atoms with Crippen molar-refractivity contribution in [3.05, 3.63) is 28.8 Å². The van der Waals surface area contributed by atoms with Gasteiger partial charge in [-0.3, -0.25) is 9.78 Å². The number of hydrogen-bond acceptors (Lipinski definition) is 2. The summed E-state index contributed by atoms with van der Waals surface area (Å²) in [6.07, 6.45) is -2.98. The number of carboxylic acid groups (broad SMARTS) is 1. The predicted octanol–water partition coefficient (Wildman–Crippen LogP) is 2.52. The molecule has 88 valence electrons. The molecule has 0 spiro atoms. The van der Waals surface area contributed by atoms with Crippen LogP contribution >= 0.6 is 11.6 Å². The van der Waals surface area contributed by atoms with E-state index in [2.05, 4.69) is 4.98 Å². The number of aliphatic carboxylic acids is 1. The lowest BCUT2D eigenvalue weighted by molar-refractivity contribution is -0.136. The molecule has 1 N–H and O–H groups in total. The Morgan fingerprint density at radius 2 is 2.19 bits per heavy atom. The normalized spacial score (nSPS) is 10.8. The van der Waals surface area contributed by atoms with Crippen molar-refractivity contribution in [1.29, 1.82) is 0 Å². The molecule has 0 radical (unpaired) electrons. The number of hydrogen-bond donors (Lipinski definition) is 1. The second-order valence-electron chi connectivity index (χ2n) is 2.97. The second kappa shape index (κ2) is 5.16. The van der Waals surface area contributed by atoms with E-state index in [4.69, 9.17) is 16.7 Å². The number of nitrogens with zero attached hydrogens (tertiary/aromatic N) is 1. The first-order valence-electron chi connectivity index (χ1n) is 4.19. The zero-order valence-electron chi connectivity index (χ0n) is 7.88. The fourth-order valence-electron chi connectivity index (χ4n) is 1.19. The lowest BCUT2D eigenvalue weighted by atomic mass is 10.1. The molecule has 0 saturated carbocycles. The van der Waals surface area contributed by atoms with E-state index in [1.54, 1.807) is 0 Å². The molecule has 1 rings (SSSR count). The van der Waals surface area contributed by atoms with Crippen LogP contribution in [0.1, 0.15) is 23.2 Å². The molecule has 0 saturated heterocycles. The van der Waals surface area contributed by atoms with Crippen molar-refractivity contribution in [2.24, 2.45) is 0 Å². The summed E-state index contributed by atoms with van der Waals surface area (Å²) < 4.78 is 38.4. The van der Waals surface area contributed by atoms with Gasteiger partial charge in [0.2, 0.25) is 0 Å². The van der Waals surface area contributed by atoms with E-state index in [1.807, 2.05) is 0 Å². The molecule has 1 heterocycles. The number of alkyl halides is 3. The van der Waals surface area contributed by atoms with Gasteiger partial charge in [0.15, 0.2) is 0 Å². The van der Waals surface area contributed by atoms with E-state index in [0.29, 0.717) is 0 Å². The highest BCUT2D eigenvalue weighted by atomic mass is 35.5. The summed E-state index contributed by atoms with van der Waals surface area (Å²) in [6, 6.07) is 0. The monoisotopic (exact) mass is 253 g/mol. The van der Waals surface area contributed by atoms with Gasteiger partial charge in [-0.2, -0.15) is 0 Å². The minimum atomic E-state index is -3.02. The summed E-state index contributed by atoms with van der Waals surface area (Å²) in [7, 11) is 0.